The van der Waals surface area contributed by atoms with E-state index < -0.39 is 0 Å². The minimum atomic E-state index is 0.391. The van der Waals surface area contributed by atoms with Crippen LogP contribution in [-0.4, -0.2) is 30.4 Å². The fourth-order valence-electron chi connectivity index (χ4n) is 3.01. The molecule has 2 N–H and O–H groups in total. The summed E-state index contributed by atoms with van der Waals surface area (Å²) in [5, 5.41) is 0. The van der Waals surface area contributed by atoms with Crippen LogP contribution in [0.1, 0.15) is 44.9 Å². The van der Waals surface area contributed by atoms with Crippen molar-refractivity contribution < 1.29 is 4.79 Å². The molecule has 2 fully saturated rings. The maximum absolute atomic E-state index is 12.0. The van der Waals surface area contributed by atoms with Gasteiger partial charge in [0, 0.05) is 19.5 Å². The van der Waals surface area contributed by atoms with Crippen LogP contribution in [0.2, 0.25) is 0 Å². The molecule has 0 atom stereocenters. The Morgan fingerprint density at radius 2 is 1.69 bits per heavy atom. The molecule has 0 aromatic rings. The van der Waals surface area contributed by atoms with Gasteiger partial charge in [-0.1, -0.05) is 12.8 Å². The molecule has 0 unspecified atom stereocenters. The lowest BCUT2D eigenvalue weighted by Crippen LogP contribution is -2.40. The summed E-state index contributed by atoms with van der Waals surface area (Å²) in [6.45, 7) is 2.66. The van der Waals surface area contributed by atoms with Crippen molar-refractivity contribution >= 4 is 5.91 Å². The van der Waals surface area contributed by atoms with E-state index in [2.05, 4.69) is 4.90 Å². The van der Waals surface area contributed by atoms with Crippen molar-refractivity contribution in [3.63, 3.8) is 0 Å². The van der Waals surface area contributed by atoms with Crippen LogP contribution in [0.4, 0.5) is 0 Å². The van der Waals surface area contributed by atoms with E-state index in [0.717, 1.165) is 38.9 Å². The van der Waals surface area contributed by atoms with Gasteiger partial charge in [0.15, 0.2) is 0 Å². The average molecular weight is 224 g/mol. The standard InChI is InChI=1S/C13H24N2O/c14-10-12-5-7-15(8-6-12)13(16)9-11-3-1-2-4-11/h11-12H,1-10,14H2. The third kappa shape index (κ3) is 2.97. The minimum absolute atomic E-state index is 0.391. The molecular weight excluding hydrogens is 200 g/mol. The Labute approximate surface area is 98.4 Å². The van der Waals surface area contributed by atoms with Crippen LogP contribution in [0.5, 0.6) is 0 Å². The summed E-state index contributed by atoms with van der Waals surface area (Å²) < 4.78 is 0. The van der Waals surface area contributed by atoms with Crippen LogP contribution in [0.15, 0.2) is 0 Å². The zero-order valence-electron chi connectivity index (χ0n) is 10.2. The highest BCUT2D eigenvalue weighted by molar-refractivity contribution is 5.76. The highest BCUT2D eigenvalue weighted by atomic mass is 16.2. The van der Waals surface area contributed by atoms with Crippen molar-refractivity contribution in [3.8, 4) is 0 Å². The summed E-state index contributed by atoms with van der Waals surface area (Å²) in [6.07, 6.45) is 8.20. The van der Waals surface area contributed by atoms with Gasteiger partial charge in [-0.3, -0.25) is 4.79 Å². The molecule has 1 heterocycles. The van der Waals surface area contributed by atoms with Gasteiger partial charge in [0.1, 0.15) is 0 Å². The Hall–Kier alpha value is -0.570. The van der Waals surface area contributed by atoms with Crippen molar-refractivity contribution in [1.82, 2.24) is 4.90 Å². The third-order valence-electron chi connectivity index (χ3n) is 4.24. The van der Waals surface area contributed by atoms with Crippen molar-refractivity contribution in [3.05, 3.63) is 0 Å². The van der Waals surface area contributed by atoms with E-state index in [1.165, 1.54) is 25.7 Å². The summed E-state index contributed by atoms with van der Waals surface area (Å²) in [4.78, 5) is 14.1. The summed E-state index contributed by atoms with van der Waals surface area (Å²) >= 11 is 0. The number of hydrogen-bond donors (Lipinski definition) is 1. The lowest BCUT2D eigenvalue weighted by Gasteiger charge is -2.32. The van der Waals surface area contributed by atoms with Gasteiger partial charge < -0.3 is 10.6 Å². The van der Waals surface area contributed by atoms with Gasteiger partial charge in [-0.25, -0.2) is 0 Å². The van der Waals surface area contributed by atoms with Crippen molar-refractivity contribution in [2.75, 3.05) is 19.6 Å². The van der Waals surface area contributed by atoms with Gasteiger partial charge in [-0.15, -0.1) is 0 Å². The molecule has 1 saturated carbocycles. The molecule has 1 saturated heterocycles. The average Bonchev–Trinajstić information content (AvgIpc) is 2.82. The number of nitrogens with zero attached hydrogens (tertiary/aromatic N) is 1. The van der Waals surface area contributed by atoms with E-state index in [0.29, 0.717) is 17.7 Å². The first kappa shape index (κ1) is 11.9. The van der Waals surface area contributed by atoms with Crippen LogP contribution in [0, 0.1) is 11.8 Å². The zero-order valence-corrected chi connectivity index (χ0v) is 10.2. The van der Waals surface area contributed by atoms with E-state index in [9.17, 15) is 4.79 Å². The number of carbonyl (C=O) groups is 1. The first-order chi connectivity index (χ1) is 7.79. The lowest BCUT2D eigenvalue weighted by molar-refractivity contribution is -0.133. The van der Waals surface area contributed by atoms with E-state index in [1.807, 2.05) is 0 Å². The number of carbonyl (C=O) groups excluding carboxylic acids is 1. The monoisotopic (exact) mass is 224 g/mol. The molecule has 1 aliphatic heterocycles. The molecule has 0 aromatic carbocycles. The smallest absolute Gasteiger partial charge is 0.222 e. The van der Waals surface area contributed by atoms with Crippen LogP contribution in [0.25, 0.3) is 0 Å². The summed E-state index contributed by atoms with van der Waals surface area (Å²) in [5.41, 5.74) is 5.65. The van der Waals surface area contributed by atoms with Crippen LogP contribution >= 0.6 is 0 Å². The summed E-state index contributed by atoms with van der Waals surface area (Å²) in [6, 6.07) is 0. The molecule has 0 bridgehead atoms. The molecule has 2 aliphatic rings. The first-order valence-corrected chi connectivity index (χ1v) is 6.77. The van der Waals surface area contributed by atoms with E-state index in [1.54, 1.807) is 0 Å². The highest BCUT2D eigenvalue weighted by Crippen LogP contribution is 2.28. The molecule has 1 aliphatic carbocycles. The Morgan fingerprint density at radius 3 is 2.25 bits per heavy atom. The fraction of sp³-hybridized carbons (Fsp3) is 0.923. The van der Waals surface area contributed by atoms with Crippen molar-refractivity contribution in [1.29, 1.82) is 0 Å². The predicted octanol–water partition coefficient (Wildman–Crippen LogP) is 1.76. The van der Waals surface area contributed by atoms with Gasteiger partial charge >= 0.3 is 0 Å². The second-order valence-corrected chi connectivity index (χ2v) is 5.41. The van der Waals surface area contributed by atoms with Crippen LogP contribution in [-0.2, 0) is 4.79 Å². The Morgan fingerprint density at radius 1 is 1.06 bits per heavy atom. The van der Waals surface area contributed by atoms with Crippen molar-refractivity contribution in [2.45, 2.75) is 44.9 Å². The maximum atomic E-state index is 12.0. The Balaban J connectivity index is 1.73. The zero-order chi connectivity index (χ0) is 11.4. The molecule has 0 radical (unpaired) electrons. The normalized spacial score (nSPS) is 23.9. The summed E-state index contributed by atoms with van der Waals surface area (Å²) in [5.74, 6) is 1.72. The largest absolute Gasteiger partial charge is 0.343 e. The summed E-state index contributed by atoms with van der Waals surface area (Å²) in [7, 11) is 0. The molecule has 0 spiro atoms. The second-order valence-electron chi connectivity index (χ2n) is 5.41. The SMILES string of the molecule is NCC1CCN(C(=O)CC2CCCC2)CC1. The second kappa shape index (κ2) is 5.67. The molecule has 0 aromatic heterocycles. The fourth-order valence-corrected chi connectivity index (χ4v) is 3.01. The van der Waals surface area contributed by atoms with E-state index in [4.69, 9.17) is 5.73 Å². The molecule has 92 valence electrons. The molecule has 3 heteroatoms. The number of likely N-dealkylation sites (tertiary alicyclic amines) is 1. The van der Waals surface area contributed by atoms with Crippen LogP contribution < -0.4 is 5.73 Å². The first-order valence-electron chi connectivity index (χ1n) is 6.77. The Bertz CT molecular complexity index is 228. The van der Waals surface area contributed by atoms with Gasteiger partial charge in [-0.2, -0.15) is 0 Å². The predicted molar refractivity (Wildman–Crippen MR) is 64.9 cm³/mol. The quantitative estimate of drug-likeness (QED) is 0.794. The maximum Gasteiger partial charge on any atom is 0.222 e. The lowest BCUT2D eigenvalue weighted by atomic mass is 9.96. The van der Waals surface area contributed by atoms with Crippen molar-refractivity contribution in [2.24, 2.45) is 17.6 Å². The molecule has 16 heavy (non-hydrogen) atoms. The van der Waals surface area contributed by atoms with Gasteiger partial charge in [-0.05, 0) is 44.1 Å². The number of rotatable bonds is 3. The van der Waals surface area contributed by atoms with Gasteiger partial charge in [0.25, 0.3) is 0 Å². The molecule has 1 amide bonds. The number of nitrogens with two attached hydrogens (primary N) is 1. The topological polar surface area (TPSA) is 46.3 Å². The van der Waals surface area contributed by atoms with Gasteiger partial charge in [0.05, 0.1) is 0 Å². The third-order valence-corrected chi connectivity index (χ3v) is 4.24. The van der Waals surface area contributed by atoms with E-state index in [-0.39, 0.29) is 0 Å². The van der Waals surface area contributed by atoms with Crippen LogP contribution in [0.3, 0.4) is 0 Å². The Kier molecular flexibility index (Phi) is 4.22. The highest BCUT2D eigenvalue weighted by Gasteiger charge is 2.25. The molecule has 2 rings (SSSR count). The van der Waals surface area contributed by atoms with Gasteiger partial charge in [0.2, 0.25) is 5.91 Å². The van der Waals surface area contributed by atoms with E-state index >= 15 is 0 Å². The number of amides is 1. The molecule has 3 nitrogen and oxygen atoms in total. The molecular formula is C13H24N2O. The number of hydrogen-bond acceptors (Lipinski definition) is 2. The number of piperidine rings is 1. The minimum Gasteiger partial charge on any atom is -0.343 e.